The van der Waals surface area contributed by atoms with E-state index >= 15 is 0 Å². The van der Waals surface area contributed by atoms with Gasteiger partial charge in [-0.15, -0.1) is 10.2 Å². The van der Waals surface area contributed by atoms with Crippen molar-refractivity contribution in [3.63, 3.8) is 0 Å². The highest BCUT2D eigenvalue weighted by molar-refractivity contribution is 7.99. The van der Waals surface area contributed by atoms with Gasteiger partial charge in [-0.25, -0.2) is 4.39 Å². The van der Waals surface area contributed by atoms with E-state index in [0.717, 1.165) is 16.9 Å². The van der Waals surface area contributed by atoms with Crippen LogP contribution in [0.1, 0.15) is 12.5 Å². The molecule has 0 unspecified atom stereocenters. The van der Waals surface area contributed by atoms with Crippen molar-refractivity contribution in [3.05, 3.63) is 59.9 Å². The lowest BCUT2D eigenvalue weighted by Gasteiger charge is -2.17. The van der Waals surface area contributed by atoms with Gasteiger partial charge in [0.15, 0.2) is 11.0 Å². The highest BCUT2D eigenvalue weighted by atomic mass is 32.2. The molecule has 1 heterocycles. The van der Waals surface area contributed by atoms with Gasteiger partial charge in [0, 0.05) is 20.1 Å². The fraction of sp³-hybridized carbons (Fsp3) is 0.286. The molecular weight excluding hydrogens is 391 g/mol. The van der Waals surface area contributed by atoms with Gasteiger partial charge in [-0.1, -0.05) is 36.0 Å². The molecule has 0 aliphatic rings. The summed E-state index contributed by atoms with van der Waals surface area (Å²) in [6.07, 6.45) is 0. The number of ether oxygens (including phenoxy) is 1. The Kier molecular flexibility index (Phi) is 6.87. The second-order valence-electron chi connectivity index (χ2n) is 6.42. The Bertz CT molecular complexity index is 975. The third kappa shape index (κ3) is 4.95. The second-order valence-corrected chi connectivity index (χ2v) is 7.36. The zero-order valence-electron chi connectivity index (χ0n) is 16.6. The van der Waals surface area contributed by atoms with E-state index < -0.39 is 0 Å². The predicted molar refractivity (Wildman–Crippen MR) is 111 cm³/mol. The summed E-state index contributed by atoms with van der Waals surface area (Å²) < 4.78 is 20.4. The number of carbonyl (C=O) groups excluding carboxylic acids is 1. The summed E-state index contributed by atoms with van der Waals surface area (Å²) in [7, 11) is 3.35. The first-order valence-corrected chi connectivity index (χ1v) is 10.2. The van der Waals surface area contributed by atoms with Crippen LogP contribution in [0.4, 0.5) is 4.39 Å². The lowest BCUT2D eigenvalue weighted by Crippen LogP contribution is -2.27. The van der Waals surface area contributed by atoms with Gasteiger partial charge in [-0.05, 0) is 36.8 Å². The van der Waals surface area contributed by atoms with E-state index in [-0.39, 0.29) is 17.5 Å². The predicted octanol–water partition coefficient (Wildman–Crippen LogP) is 3.86. The molecule has 8 heteroatoms. The summed E-state index contributed by atoms with van der Waals surface area (Å²) in [5, 5.41) is 9.27. The van der Waals surface area contributed by atoms with Crippen molar-refractivity contribution in [1.82, 2.24) is 19.7 Å². The molecule has 0 atom stereocenters. The van der Waals surface area contributed by atoms with Crippen LogP contribution in [0, 0.1) is 5.82 Å². The lowest BCUT2D eigenvalue weighted by molar-refractivity contribution is -0.127. The molecule has 0 aliphatic carbocycles. The van der Waals surface area contributed by atoms with E-state index in [1.807, 2.05) is 35.8 Å². The third-order valence-electron chi connectivity index (χ3n) is 4.46. The first kappa shape index (κ1) is 20.9. The Morgan fingerprint density at radius 1 is 1.17 bits per heavy atom. The number of aromatic nitrogens is 3. The highest BCUT2D eigenvalue weighted by Gasteiger charge is 2.18. The molecular formula is C21H23FN4O2S. The minimum atomic E-state index is -0.289. The fourth-order valence-electron chi connectivity index (χ4n) is 2.90. The van der Waals surface area contributed by atoms with Gasteiger partial charge in [0.25, 0.3) is 0 Å². The average molecular weight is 415 g/mol. The van der Waals surface area contributed by atoms with Gasteiger partial charge in [0.2, 0.25) is 5.91 Å². The molecule has 6 nitrogen and oxygen atoms in total. The number of hydrogen-bond donors (Lipinski definition) is 0. The summed E-state index contributed by atoms with van der Waals surface area (Å²) in [5.41, 5.74) is 1.73. The third-order valence-corrected chi connectivity index (χ3v) is 5.42. The second kappa shape index (κ2) is 9.56. The van der Waals surface area contributed by atoms with E-state index in [2.05, 4.69) is 10.2 Å². The number of halogens is 1. The van der Waals surface area contributed by atoms with Gasteiger partial charge in [0.05, 0.1) is 18.4 Å². The molecule has 152 valence electrons. The summed E-state index contributed by atoms with van der Waals surface area (Å²) >= 11 is 1.35. The normalized spacial score (nSPS) is 10.8. The van der Waals surface area contributed by atoms with E-state index in [1.165, 1.54) is 23.9 Å². The molecule has 2 aromatic carbocycles. The van der Waals surface area contributed by atoms with Gasteiger partial charge < -0.3 is 14.2 Å². The molecule has 0 fully saturated rings. The van der Waals surface area contributed by atoms with E-state index in [0.29, 0.717) is 24.1 Å². The minimum absolute atomic E-state index is 0.0381. The molecule has 3 aromatic rings. The molecule has 0 saturated heterocycles. The van der Waals surface area contributed by atoms with Crippen LogP contribution in [-0.4, -0.2) is 45.5 Å². The molecule has 1 aromatic heterocycles. The summed E-state index contributed by atoms with van der Waals surface area (Å²) in [6, 6.07) is 13.8. The van der Waals surface area contributed by atoms with Crippen molar-refractivity contribution in [2.24, 2.45) is 0 Å². The van der Waals surface area contributed by atoms with Gasteiger partial charge in [-0.2, -0.15) is 0 Å². The summed E-state index contributed by atoms with van der Waals surface area (Å²) in [4.78, 5) is 14.1. The van der Waals surface area contributed by atoms with Crippen molar-refractivity contribution in [2.75, 3.05) is 19.9 Å². The monoisotopic (exact) mass is 414 g/mol. The standard InChI is InChI=1S/C21H23FN4O2S/c1-4-26-20(17-7-5-6-8-18(17)28-3)23-24-21(26)29-14-19(27)25(2)13-15-9-11-16(22)12-10-15/h5-12H,4,13-14H2,1-3H3. The number of methoxy groups -OCH3 is 1. The Balaban J connectivity index is 1.68. The van der Waals surface area contributed by atoms with Crippen molar-refractivity contribution >= 4 is 17.7 Å². The van der Waals surface area contributed by atoms with Crippen LogP contribution in [0.15, 0.2) is 53.7 Å². The maximum absolute atomic E-state index is 13.0. The Hall–Kier alpha value is -2.87. The number of nitrogens with zero attached hydrogens (tertiary/aromatic N) is 4. The zero-order chi connectivity index (χ0) is 20.8. The Labute approximate surface area is 173 Å². The van der Waals surface area contributed by atoms with E-state index in [4.69, 9.17) is 4.74 Å². The molecule has 0 radical (unpaired) electrons. The molecule has 0 spiro atoms. The van der Waals surface area contributed by atoms with Gasteiger partial charge in [0.1, 0.15) is 11.6 Å². The SMILES string of the molecule is CCn1c(SCC(=O)N(C)Cc2ccc(F)cc2)nnc1-c1ccccc1OC. The molecule has 0 N–H and O–H groups in total. The first-order chi connectivity index (χ1) is 14.0. The van der Waals surface area contributed by atoms with Crippen molar-refractivity contribution in [2.45, 2.75) is 25.2 Å². The molecule has 0 saturated carbocycles. The van der Waals surface area contributed by atoms with Gasteiger partial charge >= 0.3 is 0 Å². The maximum Gasteiger partial charge on any atom is 0.233 e. The summed E-state index contributed by atoms with van der Waals surface area (Å²) in [5.74, 6) is 1.34. The zero-order valence-corrected chi connectivity index (χ0v) is 17.4. The average Bonchev–Trinajstić information content (AvgIpc) is 3.16. The van der Waals surface area contributed by atoms with E-state index in [9.17, 15) is 9.18 Å². The van der Waals surface area contributed by atoms with Crippen LogP contribution in [0.5, 0.6) is 5.75 Å². The molecule has 0 aliphatic heterocycles. The number of para-hydroxylation sites is 1. The largest absolute Gasteiger partial charge is 0.496 e. The molecule has 29 heavy (non-hydrogen) atoms. The van der Waals surface area contributed by atoms with Crippen LogP contribution in [0.3, 0.4) is 0 Å². The fourth-order valence-corrected chi connectivity index (χ4v) is 3.84. The number of benzene rings is 2. The highest BCUT2D eigenvalue weighted by Crippen LogP contribution is 2.30. The minimum Gasteiger partial charge on any atom is -0.496 e. The number of hydrogen-bond acceptors (Lipinski definition) is 5. The Morgan fingerprint density at radius 3 is 2.59 bits per heavy atom. The quantitative estimate of drug-likeness (QED) is 0.524. The van der Waals surface area contributed by atoms with Crippen LogP contribution in [-0.2, 0) is 17.9 Å². The van der Waals surface area contributed by atoms with Crippen LogP contribution < -0.4 is 4.74 Å². The molecule has 3 rings (SSSR count). The van der Waals surface area contributed by atoms with Crippen LogP contribution in [0.25, 0.3) is 11.4 Å². The van der Waals surface area contributed by atoms with Crippen molar-refractivity contribution in [1.29, 1.82) is 0 Å². The maximum atomic E-state index is 13.0. The summed E-state index contributed by atoms with van der Waals surface area (Å²) in [6.45, 7) is 3.10. The molecule has 0 bridgehead atoms. The van der Waals surface area contributed by atoms with E-state index in [1.54, 1.807) is 31.2 Å². The lowest BCUT2D eigenvalue weighted by atomic mass is 10.2. The Morgan fingerprint density at radius 2 is 1.90 bits per heavy atom. The first-order valence-electron chi connectivity index (χ1n) is 9.21. The smallest absolute Gasteiger partial charge is 0.233 e. The van der Waals surface area contributed by atoms with Crippen LogP contribution in [0.2, 0.25) is 0 Å². The van der Waals surface area contributed by atoms with Gasteiger partial charge in [-0.3, -0.25) is 4.79 Å². The van der Waals surface area contributed by atoms with Crippen LogP contribution >= 0.6 is 11.8 Å². The number of amides is 1. The topological polar surface area (TPSA) is 60.2 Å². The van der Waals surface area contributed by atoms with Crippen molar-refractivity contribution in [3.8, 4) is 17.1 Å². The van der Waals surface area contributed by atoms with Crippen molar-refractivity contribution < 1.29 is 13.9 Å². The number of rotatable bonds is 8. The number of carbonyl (C=O) groups is 1. The number of thioether (sulfide) groups is 1. The molecule has 1 amide bonds.